The van der Waals surface area contributed by atoms with Crippen LogP contribution in [0, 0.1) is 0 Å². The fraction of sp³-hybridized carbons (Fsp3) is 0.560. The lowest BCUT2D eigenvalue weighted by molar-refractivity contribution is 0.0865. The molecular formula is C25H34N6O3. The van der Waals surface area contributed by atoms with E-state index in [9.17, 15) is 15.0 Å². The van der Waals surface area contributed by atoms with Gasteiger partial charge in [-0.25, -0.2) is 4.98 Å². The Bertz CT molecular complexity index is 1020. The van der Waals surface area contributed by atoms with Crippen LogP contribution in [-0.2, 0) is 13.0 Å². The molecule has 0 radical (unpaired) electrons. The van der Waals surface area contributed by atoms with Gasteiger partial charge < -0.3 is 31.1 Å². The third-order valence-electron chi connectivity index (χ3n) is 7.16. The maximum Gasteiger partial charge on any atom is 0.270 e. The molecule has 3 heterocycles. The van der Waals surface area contributed by atoms with Gasteiger partial charge in [0, 0.05) is 44.3 Å². The van der Waals surface area contributed by atoms with Crippen molar-refractivity contribution in [2.24, 2.45) is 0 Å². The zero-order valence-corrected chi connectivity index (χ0v) is 19.5. The van der Waals surface area contributed by atoms with E-state index >= 15 is 0 Å². The first kappa shape index (κ1) is 22.9. The molecule has 34 heavy (non-hydrogen) atoms. The molecular weight excluding hydrogens is 432 g/mol. The van der Waals surface area contributed by atoms with Gasteiger partial charge in [-0.3, -0.25) is 4.79 Å². The number of amides is 1. The number of nitrogens with zero attached hydrogens (tertiary/aromatic N) is 3. The van der Waals surface area contributed by atoms with Crippen LogP contribution in [0.2, 0.25) is 0 Å². The molecule has 1 saturated heterocycles. The quantitative estimate of drug-likeness (QED) is 0.420. The molecule has 1 aliphatic carbocycles. The average Bonchev–Trinajstić information content (AvgIpc) is 2.84. The molecule has 1 aromatic heterocycles. The standard InChI is InChI=1S/C25H34N6O3/c32-19-8-7-16-12-20(26-14-17(16)11-19)22(33)15-27-24(34)21-13-23(28-18-5-4-6-18)30-25(29-21)31-9-2-1-3-10-31/h7-8,11,13,18,20,22,26,32-33H,1-6,9-10,12,14-15H2,(H,27,34)(H,28,29,30)/t20-,22+/m0/s1. The lowest BCUT2D eigenvalue weighted by atomic mass is 9.92. The van der Waals surface area contributed by atoms with E-state index in [2.05, 4.69) is 25.8 Å². The van der Waals surface area contributed by atoms with E-state index in [1.165, 1.54) is 12.8 Å². The maximum atomic E-state index is 13.0. The summed E-state index contributed by atoms with van der Waals surface area (Å²) >= 11 is 0. The number of aliphatic hydroxyl groups is 1. The van der Waals surface area contributed by atoms with E-state index in [0.717, 1.165) is 49.9 Å². The molecule has 9 heteroatoms. The van der Waals surface area contributed by atoms with Crippen molar-refractivity contribution in [1.82, 2.24) is 20.6 Å². The zero-order chi connectivity index (χ0) is 23.5. The number of hydrogen-bond acceptors (Lipinski definition) is 8. The number of aromatic nitrogens is 2. The normalized spacial score (nSPS) is 21.3. The number of aliphatic hydroxyl groups excluding tert-OH is 1. The Morgan fingerprint density at radius 1 is 1.12 bits per heavy atom. The highest BCUT2D eigenvalue weighted by Crippen LogP contribution is 2.25. The predicted octanol–water partition coefficient (Wildman–Crippen LogP) is 1.94. The van der Waals surface area contributed by atoms with E-state index in [1.54, 1.807) is 18.2 Å². The van der Waals surface area contributed by atoms with Crippen molar-refractivity contribution in [2.45, 2.75) is 69.7 Å². The minimum atomic E-state index is -0.748. The van der Waals surface area contributed by atoms with Gasteiger partial charge in [-0.1, -0.05) is 6.07 Å². The van der Waals surface area contributed by atoms with E-state index < -0.39 is 6.10 Å². The SMILES string of the molecule is O=C(NC[C@@H](O)[C@@H]1Cc2ccc(O)cc2CN1)c1cc(NC2CCC2)nc(N2CCCCC2)n1. The van der Waals surface area contributed by atoms with Crippen molar-refractivity contribution in [3.8, 4) is 5.75 Å². The molecule has 0 unspecified atom stereocenters. The van der Waals surface area contributed by atoms with E-state index in [-0.39, 0.29) is 24.2 Å². The first-order valence-corrected chi connectivity index (χ1v) is 12.5. The van der Waals surface area contributed by atoms with Crippen LogP contribution >= 0.6 is 0 Å². The Hall–Kier alpha value is -2.91. The molecule has 182 valence electrons. The van der Waals surface area contributed by atoms with E-state index in [0.29, 0.717) is 36.5 Å². The number of aromatic hydroxyl groups is 1. The fourth-order valence-corrected chi connectivity index (χ4v) is 4.85. The van der Waals surface area contributed by atoms with Crippen LogP contribution in [0.5, 0.6) is 5.75 Å². The van der Waals surface area contributed by atoms with Crippen molar-refractivity contribution < 1.29 is 15.0 Å². The topological polar surface area (TPSA) is 123 Å². The number of anilines is 2. The molecule has 0 bridgehead atoms. The van der Waals surface area contributed by atoms with Gasteiger partial charge in [0.2, 0.25) is 5.95 Å². The largest absolute Gasteiger partial charge is 0.508 e. The monoisotopic (exact) mass is 466 g/mol. The molecule has 2 aliphatic heterocycles. The predicted molar refractivity (Wildman–Crippen MR) is 130 cm³/mol. The van der Waals surface area contributed by atoms with Gasteiger partial charge in [-0.2, -0.15) is 4.98 Å². The Balaban J connectivity index is 1.24. The molecule has 9 nitrogen and oxygen atoms in total. The molecule has 2 atom stereocenters. The number of phenols is 1. The molecule has 1 amide bonds. The molecule has 1 saturated carbocycles. The number of nitrogens with one attached hydrogen (secondary N) is 3. The molecule has 2 fully saturated rings. The highest BCUT2D eigenvalue weighted by atomic mass is 16.3. The Morgan fingerprint density at radius 2 is 1.94 bits per heavy atom. The van der Waals surface area contributed by atoms with Gasteiger partial charge in [0.15, 0.2) is 0 Å². The molecule has 5 N–H and O–H groups in total. The number of phenolic OH excluding ortho intramolecular Hbond substituents is 1. The van der Waals surface area contributed by atoms with Gasteiger partial charge in [-0.15, -0.1) is 0 Å². The zero-order valence-electron chi connectivity index (χ0n) is 19.5. The lowest BCUT2D eigenvalue weighted by Gasteiger charge is -2.30. The summed E-state index contributed by atoms with van der Waals surface area (Å²) in [6, 6.07) is 7.25. The fourth-order valence-electron chi connectivity index (χ4n) is 4.85. The smallest absolute Gasteiger partial charge is 0.270 e. The highest BCUT2D eigenvalue weighted by Gasteiger charge is 2.26. The summed E-state index contributed by atoms with van der Waals surface area (Å²) < 4.78 is 0. The second-order valence-corrected chi connectivity index (χ2v) is 9.68. The number of piperidine rings is 1. The molecule has 2 aromatic rings. The average molecular weight is 467 g/mol. The van der Waals surface area contributed by atoms with Crippen molar-refractivity contribution in [1.29, 1.82) is 0 Å². The number of carbonyl (C=O) groups is 1. The van der Waals surface area contributed by atoms with E-state index in [1.807, 2.05) is 6.07 Å². The van der Waals surface area contributed by atoms with Gasteiger partial charge in [0.25, 0.3) is 5.91 Å². The summed E-state index contributed by atoms with van der Waals surface area (Å²) in [6.07, 6.45) is 6.76. The minimum absolute atomic E-state index is 0.123. The van der Waals surface area contributed by atoms with Crippen LogP contribution in [0.3, 0.4) is 0 Å². The van der Waals surface area contributed by atoms with Crippen molar-refractivity contribution in [3.63, 3.8) is 0 Å². The first-order chi connectivity index (χ1) is 16.5. The second kappa shape index (κ2) is 10.1. The van der Waals surface area contributed by atoms with Gasteiger partial charge in [0.05, 0.1) is 6.10 Å². The Labute approximate surface area is 200 Å². The Morgan fingerprint density at radius 3 is 2.71 bits per heavy atom. The minimum Gasteiger partial charge on any atom is -0.508 e. The van der Waals surface area contributed by atoms with Gasteiger partial charge in [0.1, 0.15) is 17.3 Å². The lowest BCUT2D eigenvalue weighted by Crippen LogP contribution is -2.49. The van der Waals surface area contributed by atoms with Crippen LogP contribution in [-0.4, -0.2) is 63.9 Å². The summed E-state index contributed by atoms with van der Waals surface area (Å²) in [5.41, 5.74) is 2.45. The molecule has 0 spiro atoms. The van der Waals surface area contributed by atoms with Crippen molar-refractivity contribution in [2.75, 3.05) is 29.9 Å². The third kappa shape index (κ3) is 5.26. The Kier molecular flexibility index (Phi) is 6.82. The summed E-state index contributed by atoms with van der Waals surface area (Å²) in [7, 11) is 0. The maximum absolute atomic E-state index is 13.0. The molecule has 5 rings (SSSR count). The van der Waals surface area contributed by atoms with Gasteiger partial charge in [-0.05, 0) is 68.2 Å². The van der Waals surface area contributed by atoms with Crippen LogP contribution in [0.15, 0.2) is 24.3 Å². The van der Waals surface area contributed by atoms with Crippen LogP contribution < -0.4 is 20.9 Å². The molecule has 1 aromatic carbocycles. The summed E-state index contributed by atoms with van der Waals surface area (Å²) in [6.45, 7) is 2.50. The van der Waals surface area contributed by atoms with Gasteiger partial charge >= 0.3 is 0 Å². The van der Waals surface area contributed by atoms with Crippen LogP contribution in [0.1, 0.15) is 60.1 Å². The number of carbonyl (C=O) groups excluding carboxylic acids is 1. The second-order valence-electron chi connectivity index (χ2n) is 9.68. The number of hydrogen-bond donors (Lipinski definition) is 5. The van der Waals surface area contributed by atoms with Crippen molar-refractivity contribution >= 4 is 17.7 Å². The highest BCUT2D eigenvalue weighted by molar-refractivity contribution is 5.93. The summed E-state index contributed by atoms with van der Waals surface area (Å²) in [5.74, 6) is 1.23. The van der Waals surface area contributed by atoms with Crippen LogP contribution in [0.4, 0.5) is 11.8 Å². The summed E-state index contributed by atoms with van der Waals surface area (Å²) in [4.78, 5) is 24.5. The number of rotatable bonds is 7. The number of fused-ring (bicyclic) bond motifs is 1. The van der Waals surface area contributed by atoms with E-state index in [4.69, 9.17) is 4.98 Å². The number of benzene rings is 1. The molecule has 3 aliphatic rings. The first-order valence-electron chi connectivity index (χ1n) is 12.5. The summed E-state index contributed by atoms with van der Waals surface area (Å²) in [5, 5.41) is 30.0. The third-order valence-corrected chi connectivity index (χ3v) is 7.16. The van der Waals surface area contributed by atoms with Crippen molar-refractivity contribution in [3.05, 3.63) is 41.1 Å². The van der Waals surface area contributed by atoms with Crippen LogP contribution in [0.25, 0.3) is 0 Å².